The Balaban J connectivity index is 1.48. The first-order valence-electron chi connectivity index (χ1n) is 8.16. The van der Waals surface area contributed by atoms with Gasteiger partial charge in [-0.15, -0.1) is 0 Å². The second kappa shape index (κ2) is 6.94. The average molecular weight is 289 g/mol. The smallest absolute Gasteiger partial charge is 0.411 e. The van der Waals surface area contributed by atoms with Gasteiger partial charge in [0.2, 0.25) is 0 Å². The molecule has 3 atom stereocenters. The van der Waals surface area contributed by atoms with Gasteiger partial charge in [-0.05, 0) is 44.2 Å². The molecule has 1 amide bonds. The van der Waals surface area contributed by atoms with Crippen LogP contribution in [0.1, 0.15) is 32.1 Å². The van der Waals surface area contributed by atoms with Crippen LogP contribution in [0.25, 0.3) is 0 Å². The molecule has 2 aliphatic heterocycles. The van der Waals surface area contributed by atoms with E-state index in [1.165, 1.54) is 45.2 Å². The van der Waals surface area contributed by atoms with Crippen LogP contribution in [-0.4, -0.2) is 31.8 Å². The summed E-state index contributed by atoms with van der Waals surface area (Å²) in [5, 5.41) is 2.79. The van der Waals surface area contributed by atoms with Crippen LogP contribution in [0.2, 0.25) is 0 Å². The average Bonchev–Trinajstić information content (AvgIpc) is 2.54. The molecule has 2 aliphatic rings. The Hall–Kier alpha value is -1.55. The number of carbonyl (C=O) groups is 1. The lowest BCUT2D eigenvalue weighted by Gasteiger charge is -2.40. The molecule has 1 unspecified atom stereocenters. The number of para-hydroxylation sites is 1. The minimum atomic E-state index is -0.330. The van der Waals surface area contributed by atoms with Gasteiger partial charge < -0.3 is 9.64 Å². The summed E-state index contributed by atoms with van der Waals surface area (Å²) in [5.41, 5.74) is 0.788. The molecule has 2 heterocycles. The van der Waals surface area contributed by atoms with Crippen molar-refractivity contribution in [3.63, 3.8) is 0 Å². The summed E-state index contributed by atoms with van der Waals surface area (Å²) in [6.45, 7) is 3.17. The molecule has 114 valence electrons. The molecule has 2 saturated heterocycles. The maximum atomic E-state index is 11.9. The van der Waals surface area contributed by atoms with E-state index in [0.717, 1.165) is 5.69 Å². The third-order valence-corrected chi connectivity index (χ3v) is 4.88. The van der Waals surface area contributed by atoms with E-state index in [1.54, 1.807) is 4.90 Å². The topological polar surface area (TPSA) is 42.8 Å². The van der Waals surface area contributed by atoms with Gasteiger partial charge in [0.15, 0.2) is 0 Å². The van der Waals surface area contributed by atoms with Gasteiger partial charge in [0.05, 0.1) is 19.1 Å². The zero-order chi connectivity index (χ0) is 14.5. The van der Waals surface area contributed by atoms with Crippen LogP contribution in [0.5, 0.6) is 0 Å². The number of rotatable bonds is 3. The van der Waals surface area contributed by atoms with Gasteiger partial charge in [0.25, 0.3) is 0 Å². The van der Waals surface area contributed by atoms with Crippen molar-refractivity contribution in [3.05, 3.63) is 30.3 Å². The van der Waals surface area contributed by atoms with Crippen molar-refractivity contribution in [1.82, 2.24) is 0 Å². The van der Waals surface area contributed by atoms with E-state index in [4.69, 9.17) is 4.74 Å². The Morgan fingerprint density at radius 2 is 1.95 bits per heavy atom. The minimum Gasteiger partial charge on any atom is -0.449 e. The number of anilines is 1. The van der Waals surface area contributed by atoms with Crippen molar-refractivity contribution < 1.29 is 14.4 Å². The fourth-order valence-electron chi connectivity index (χ4n) is 3.84. The fourth-order valence-corrected chi connectivity index (χ4v) is 3.84. The van der Waals surface area contributed by atoms with Crippen molar-refractivity contribution in [1.29, 1.82) is 0 Å². The third-order valence-electron chi connectivity index (χ3n) is 4.88. The van der Waals surface area contributed by atoms with Crippen molar-refractivity contribution in [2.24, 2.45) is 5.92 Å². The van der Waals surface area contributed by atoms with Crippen LogP contribution >= 0.6 is 0 Å². The van der Waals surface area contributed by atoms with Gasteiger partial charge in [-0.3, -0.25) is 5.32 Å². The van der Waals surface area contributed by atoms with Crippen LogP contribution in [0, 0.1) is 5.92 Å². The number of benzene rings is 1. The number of ether oxygens (including phenoxy) is 1. The zero-order valence-corrected chi connectivity index (χ0v) is 12.5. The maximum absolute atomic E-state index is 11.9. The van der Waals surface area contributed by atoms with E-state index < -0.39 is 0 Å². The monoisotopic (exact) mass is 289 g/mol. The first-order valence-corrected chi connectivity index (χ1v) is 8.16. The number of piperidine rings is 2. The van der Waals surface area contributed by atoms with Crippen LogP contribution in [0.15, 0.2) is 30.3 Å². The molecular formula is C17H25N2O2+. The summed E-state index contributed by atoms with van der Waals surface area (Å²) in [5.74, 6) is 0.538. The molecule has 0 radical (unpaired) electrons. The highest BCUT2D eigenvalue weighted by molar-refractivity contribution is 5.84. The molecule has 4 heteroatoms. The van der Waals surface area contributed by atoms with Gasteiger partial charge in [-0.1, -0.05) is 18.2 Å². The van der Waals surface area contributed by atoms with Crippen molar-refractivity contribution in [2.45, 2.75) is 38.1 Å². The predicted molar refractivity (Wildman–Crippen MR) is 82.5 cm³/mol. The molecule has 0 spiro atoms. The fraction of sp³-hybridized carbons (Fsp3) is 0.588. The summed E-state index contributed by atoms with van der Waals surface area (Å²) >= 11 is 0. The highest BCUT2D eigenvalue weighted by Gasteiger charge is 2.37. The van der Waals surface area contributed by atoms with Crippen molar-refractivity contribution >= 4 is 11.8 Å². The third kappa shape index (κ3) is 3.76. The Bertz CT molecular complexity index is 461. The second-order valence-electron chi connectivity index (χ2n) is 6.25. The lowest BCUT2D eigenvalue weighted by molar-refractivity contribution is -0.940. The number of amides is 1. The van der Waals surface area contributed by atoms with Gasteiger partial charge >= 0.3 is 6.09 Å². The highest BCUT2D eigenvalue weighted by atomic mass is 16.5. The Morgan fingerprint density at radius 3 is 2.81 bits per heavy atom. The van der Waals surface area contributed by atoms with Crippen LogP contribution in [-0.2, 0) is 4.74 Å². The molecule has 0 aliphatic carbocycles. The van der Waals surface area contributed by atoms with Gasteiger partial charge in [0, 0.05) is 11.6 Å². The highest BCUT2D eigenvalue weighted by Crippen LogP contribution is 2.20. The molecule has 4 nitrogen and oxygen atoms in total. The summed E-state index contributed by atoms with van der Waals surface area (Å²) in [7, 11) is 0. The van der Waals surface area contributed by atoms with E-state index in [1.807, 2.05) is 30.3 Å². The number of carbonyl (C=O) groups excluding carboxylic acids is 1. The molecule has 0 aromatic heterocycles. The zero-order valence-electron chi connectivity index (χ0n) is 12.5. The van der Waals surface area contributed by atoms with Crippen LogP contribution in [0.3, 0.4) is 0 Å². The van der Waals surface area contributed by atoms with Crippen molar-refractivity contribution in [3.8, 4) is 0 Å². The van der Waals surface area contributed by atoms with Gasteiger partial charge in [0.1, 0.15) is 6.61 Å². The van der Waals surface area contributed by atoms with E-state index in [-0.39, 0.29) is 6.09 Å². The molecule has 0 bridgehead atoms. The van der Waals surface area contributed by atoms with Crippen LogP contribution in [0.4, 0.5) is 10.5 Å². The van der Waals surface area contributed by atoms with E-state index in [2.05, 4.69) is 5.32 Å². The van der Waals surface area contributed by atoms with Crippen molar-refractivity contribution in [2.75, 3.05) is 25.0 Å². The minimum absolute atomic E-state index is 0.330. The molecule has 3 rings (SSSR count). The van der Waals surface area contributed by atoms with E-state index in [9.17, 15) is 4.79 Å². The number of hydrogen-bond donors (Lipinski definition) is 2. The van der Waals surface area contributed by atoms with E-state index >= 15 is 0 Å². The lowest BCUT2D eigenvalue weighted by atomic mass is 9.84. The molecule has 2 fully saturated rings. The quantitative estimate of drug-likeness (QED) is 0.894. The molecule has 21 heavy (non-hydrogen) atoms. The summed E-state index contributed by atoms with van der Waals surface area (Å²) in [6.07, 6.45) is 6.12. The molecule has 2 N–H and O–H groups in total. The number of fused-ring (bicyclic) bond motifs is 1. The standard InChI is InChI=1S/C17H24N2O2/c20-17(18-15-8-2-1-3-9-15)21-13-14-7-6-12-19-11-5-4-10-16(14)19/h1-3,8-9,14,16H,4-7,10-13H2,(H,18,20)/p+1/t14-,16+/m1/s1. The predicted octanol–water partition coefficient (Wildman–Crippen LogP) is 2.08. The largest absolute Gasteiger partial charge is 0.449 e. The Kier molecular flexibility index (Phi) is 4.76. The van der Waals surface area contributed by atoms with Crippen LogP contribution < -0.4 is 10.2 Å². The summed E-state index contributed by atoms with van der Waals surface area (Å²) in [6, 6.07) is 10.2. The SMILES string of the molecule is O=C(Nc1ccccc1)OC[C@H]1CCC[NH+]2CCCC[C@@H]12. The normalized spacial score (nSPS) is 28.5. The summed E-state index contributed by atoms with van der Waals surface area (Å²) in [4.78, 5) is 13.6. The number of nitrogens with one attached hydrogen (secondary N) is 2. The Morgan fingerprint density at radius 1 is 1.14 bits per heavy atom. The Labute approximate surface area is 126 Å². The molecule has 1 aromatic rings. The van der Waals surface area contributed by atoms with Gasteiger partial charge in [-0.25, -0.2) is 4.79 Å². The molecular weight excluding hydrogens is 264 g/mol. The first kappa shape index (κ1) is 14.4. The lowest BCUT2D eigenvalue weighted by Crippen LogP contribution is -3.18. The number of quaternary nitrogens is 1. The molecule has 0 saturated carbocycles. The van der Waals surface area contributed by atoms with Gasteiger partial charge in [-0.2, -0.15) is 0 Å². The maximum Gasteiger partial charge on any atom is 0.411 e. The first-order chi connectivity index (χ1) is 10.3. The summed E-state index contributed by atoms with van der Waals surface area (Å²) < 4.78 is 5.47. The molecule has 1 aromatic carbocycles. The second-order valence-corrected chi connectivity index (χ2v) is 6.25. The number of hydrogen-bond acceptors (Lipinski definition) is 2. The van der Waals surface area contributed by atoms with E-state index in [0.29, 0.717) is 18.6 Å².